The molecule has 0 aliphatic heterocycles. The molecule has 0 saturated heterocycles. The van der Waals surface area contributed by atoms with Crippen LogP contribution < -0.4 is 0 Å². The van der Waals surface area contributed by atoms with E-state index in [1.54, 1.807) is 6.92 Å². The Balaban J connectivity index is 2.52. The zero-order valence-electron chi connectivity index (χ0n) is 9.85. The fourth-order valence-corrected chi connectivity index (χ4v) is 3.62. The monoisotopic (exact) mass is 452 g/mol. The molecule has 0 saturated carbocycles. The second-order valence-corrected chi connectivity index (χ2v) is 6.84. The van der Waals surface area contributed by atoms with Crippen molar-refractivity contribution in [3.05, 3.63) is 67.6 Å². The van der Waals surface area contributed by atoms with Crippen molar-refractivity contribution in [2.24, 2.45) is 0 Å². The highest BCUT2D eigenvalue weighted by Gasteiger charge is 2.19. The van der Waals surface area contributed by atoms with Crippen LogP contribution in [0, 0.1) is 18.6 Å². The Kier molecular flexibility index (Phi) is 4.79. The Morgan fingerprint density at radius 1 is 0.947 bits per heavy atom. The van der Waals surface area contributed by atoms with Gasteiger partial charge in [0, 0.05) is 14.5 Å². The van der Waals surface area contributed by atoms with Crippen molar-refractivity contribution in [3.63, 3.8) is 0 Å². The van der Waals surface area contributed by atoms with E-state index in [9.17, 15) is 8.78 Å². The van der Waals surface area contributed by atoms with Gasteiger partial charge in [-0.05, 0) is 48.4 Å². The number of hydrogen-bond acceptors (Lipinski definition) is 0. The first kappa shape index (κ1) is 15.1. The van der Waals surface area contributed by atoms with E-state index >= 15 is 0 Å². The molecule has 0 amide bonds. The molecule has 0 radical (unpaired) electrons. The maximum atomic E-state index is 14.0. The van der Waals surface area contributed by atoms with Gasteiger partial charge in [0.25, 0.3) is 0 Å². The summed E-state index contributed by atoms with van der Waals surface area (Å²) in [4.78, 5) is -0.422. The third-order valence-corrected chi connectivity index (χ3v) is 4.98. The minimum absolute atomic E-state index is 0.280. The predicted molar refractivity (Wildman–Crippen MR) is 83.7 cm³/mol. The quantitative estimate of drug-likeness (QED) is 0.468. The molecule has 2 aromatic carbocycles. The van der Waals surface area contributed by atoms with Gasteiger partial charge in [-0.15, -0.1) is 0 Å². The maximum Gasteiger partial charge on any atom is 0.128 e. The van der Waals surface area contributed by atoms with Crippen molar-refractivity contribution >= 4 is 47.8 Å². The number of halogens is 5. The smallest absolute Gasteiger partial charge is 0.128 e. The van der Waals surface area contributed by atoms with Gasteiger partial charge in [0.2, 0.25) is 0 Å². The van der Waals surface area contributed by atoms with Crippen LogP contribution in [0.4, 0.5) is 8.78 Å². The molecule has 1 unspecified atom stereocenters. The van der Waals surface area contributed by atoms with Crippen LogP contribution in [0.3, 0.4) is 0 Å². The minimum atomic E-state index is -0.423. The highest BCUT2D eigenvalue weighted by Crippen LogP contribution is 2.38. The minimum Gasteiger partial charge on any atom is -0.207 e. The van der Waals surface area contributed by atoms with Crippen molar-refractivity contribution in [1.29, 1.82) is 0 Å². The van der Waals surface area contributed by atoms with Crippen LogP contribution in [-0.4, -0.2) is 0 Å². The Morgan fingerprint density at radius 3 is 2.32 bits per heavy atom. The molecule has 2 aromatic rings. The van der Waals surface area contributed by atoms with E-state index in [0.29, 0.717) is 5.56 Å². The third-order valence-electron chi connectivity index (χ3n) is 2.78. The van der Waals surface area contributed by atoms with Gasteiger partial charge in [-0.1, -0.05) is 47.8 Å². The van der Waals surface area contributed by atoms with E-state index in [1.165, 1.54) is 12.1 Å². The summed E-state index contributed by atoms with van der Waals surface area (Å²) in [6.07, 6.45) is 0. The molecule has 0 aromatic heterocycles. The third kappa shape index (κ3) is 3.26. The molecule has 0 spiro atoms. The van der Waals surface area contributed by atoms with Gasteiger partial charge in [0.05, 0.1) is 4.83 Å². The van der Waals surface area contributed by atoms with Gasteiger partial charge in [-0.2, -0.15) is 0 Å². The largest absolute Gasteiger partial charge is 0.207 e. The lowest BCUT2D eigenvalue weighted by atomic mass is 10.0. The van der Waals surface area contributed by atoms with Crippen LogP contribution in [0.5, 0.6) is 0 Å². The van der Waals surface area contributed by atoms with E-state index in [-0.39, 0.29) is 5.56 Å². The van der Waals surface area contributed by atoms with Crippen LogP contribution in [-0.2, 0) is 0 Å². The fraction of sp³-hybridized carbons (Fsp3) is 0.143. The SMILES string of the molecule is Cc1cc(F)c(C(Br)c2cc(Br)ccc2Br)cc1F. The molecule has 0 nitrogen and oxygen atoms in total. The highest BCUT2D eigenvalue weighted by atomic mass is 79.9. The second-order valence-electron chi connectivity index (χ2n) is 4.15. The van der Waals surface area contributed by atoms with Crippen molar-refractivity contribution in [2.45, 2.75) is 11.8 Å². The highest BCUT2D eigenvalue weighted by molar-refractivity contribution is 9.11. The van der Waals surface area contributed by atoms with Crippen LogP contribution in [0.15, 0.2) is 39.3 Å². The number of aryl methyl sites for hydroxylation is 1. The molecule has 1 atom stereocenters. The first-order chi connectivity index (χ1) is 8.90. The lowest BCUT2D eigenvalue weighted by Crippen LogP contribution is -2.00. The number of hydrogen-bond donors (Lipinski definition) is 0. The van der Waals surface area contributed by atoms with E-state index < -0.39 is 16.5 Å². The summed E-state index contributed by atoms with van der Waals surface area (Å²) in [6, 6.07) is 8.04. The van der Waals surface area contributed by atoms with E-state index in [1.807, 2.05) is 18.2 Å². The fourth-order valence-electron chi connectivity index (χ4n) is 1.73. The van der Waals surface area contributed by atoms with E-state index in [0.717, 1.165) is 14.5 Å². The van der Waals surface area contributed by atoms with Crippen LogP contribution in [0.1, 0.15) is 21.5 Å². The number of benzene rings is 2. The molecule has 0 fully saturated rings. The summed E-state index contributed by atoms with van der Waals surface area (Å²) in [5.41, 5.74) is 1.41. The lowest BCUT2D eigenvalue weighted by Gasteiger charge is -2.15. The van der Waals surface area contributed by atoms with E-state index in [2.05, 4.69) is 47.8 Å². The Bertz CT molecular complexity index is 626. The Labute approximate surface area is 135 Å². The van der Waals surface area contributed by atoms with Gasteiger partial charge >= 0.3 is 0 Å². The summed E-state index contributed by atoms with van der Waals surface area (Å²) in [5.74, 6) is -0.834. The topological polar surface area (TPSA) is 0 Å². The maximum absolute atomic E-state index is 14.0. The van der Waals surface area contributed by atoms with E-state index in [4.69, 9.17) is 0 Å². The predicted octanol–water partition coefficient (Wildman–Crippen LogP) is 6.28. The molecular weight excluding hydrogens is 446 g/mol. The average molecular weight is 455 g/mol. The molecule has 5 heteroatoms. The summed E-state index contributed by atoms with van der Waals surface area (Å²) < 4.78 is 29.3. The molecular formula is C14H9Br3F2. The summed E-state index contributed by atoms with van der Waals surface area (Å²) in [6.45, 7) is 1.54. The van der Waals surface area contributed by atoms with Crippen LogP contribution in [0.2, 0.25) is 0 Å². The summed E-state index contributed by atoms with van der Waals surface area (Å²) in [7, 11) is 0. The summed E-state index contributed by atoms with van der Waals surface area (Å²) >= 11 is 10.2. The van der Waals surface area contributed by atoms with Gasteiger partial charge in [-0.3, -0.25) is 0 Å². The first-order valence-corrected chi connectivity index (χ1v) is 7.95. The lowest BCUT2D eigenvalue weighted by molar-refractivity contribution is 0.581. The molecule has 0 bridgehead atoms. The van der Waals surface area contributed by atoms with Crippen LogP contribution in [0.25, 0.3) is 0 Å². The summed E-state index contributed by atoms with van der Waals surface area (Å²) in [5, 5.41) is 0. The van der Waals surface area contributed by atoms with Crippen molar-refractivity contribution in [3.8, 4) is 0 Å². The molecule has 0 heterocycles. The van der Waals surface area contributed by atoms with Gasteiger partial charge in [0.15, 0.2) is 0 Å². The van der Waals surface area contributed by atoms with Gasteiger partial charge < -0.3 is 0 Å². The van der Waals surface area contributed by atoms with Gasteiger partial charge in [0.1, 0.15) is 11.6 Å². The average Bonchev–Trinajstić information content (AvgIpc) is 2.36. The zero-order valence-corrected chi connectivity index (χ0v) is 14.6. The normalized spacial score (nSPS) is 12.5. The molecule has 0 N–H and O–H groups in total. The van der Waals surface area contributed by atoms with Crippen molar-refractivity contribution < 1.29 is 8.78 Å². The Hall–Kier alpha value is -0.260. The first-order valence-electron chi connectivity index (χ1n) is 5.44. The molecule has 100 valence electrons. The van der Waals surface area contributed by atoms with Crippen molar-refractivity contribution in [1.82, 2.24) is 0 Å². The standard InChI is InChI=1S/C14H9Br3F2/c1-7-4-13(19)10(6-12(7)18)14(17)9-5-8(15)2-3-11(9)16/h2-6,14H,1H3. The molecule has 19 heavy (non-hydrogen) atoms. The second kappa shape index (κ2) is 6.02. The van der Waals surface area contributed by atoms with Crippen molar-refractivity contribution in [2.75, 3.05) is 0 Å². The Morgan fingerprint density at radius 2 is 1.63 bits per heavy atom. The number of rotatable bonds is 2. The van der Waals surface area contributed by atoms with Gasteiger partial charge in [-0.25, -0.2) is 8.78 Å². The molecule has 0 aliphatic rings. The molecule has 0 aliphatic carbocycles. The molecule has 2 rings (SSSR count). The zero-order chi connectivity index (χ0) is 14.2. The van der Waals surface area contributed by atoms with Crippen LogP contribution >= 0.6 is 47.8 Å². The number of alkyl halides is 1.